The molecule has 3 heterocycles. The maximum Gasteiger partial charge on any atom is 0.292 e. The van der Waals surface area contributed by atoms with Crippen LogP contribution < -0.4 is 4.57 Å². The van der Waals surface area contributed by atoms with Gasteiger partial charge in [0.2, 0.25) is 0 Å². The summed E-state index contributed by atoms with van der Waals surface area (Å²) in [6.45, 7) is 2.14. The second-order valence-electron chi connectivity index (χ2n) is 9.98. The molecule has 0 saturated heterocycles. The van der Waals surface area contributed by atoms with Crippen LogP contribution in [0.4, 0.5) is 0 Å². The summed E-state index contributed by atoms with van der Waals surface area (Å²) in [6.07, 6.45) is 4.14. The summed E-state index contributed by atoms with van der Waals surface area (Å²) in [5, 5.41) is 2.16. The summed E-state index contributed by atoms with van der Waals surface area (Å²) in [5.74, 6) is 1.81. The quantitative estimate of drug-likeness (QED) is 0.232. The van der Waals surface area contributed by atoms with E-state index >= 15 is 0 Å². The van der Waals surface area contributed by atoms with E-state index in [0.717, 1.165) is 61.4 Å². The van der Waals surface area contributed by atoms with Crippen molar-refractivity contribution in [3.63, 3.8) is 0 Å². The molecular formula is C34H27N4O+. The van der Waals surface area contributed by atoms with Crippen LogP contribution in [0.2, 0.25) is 0 Å². The number of aryl methyl sites for hydroxylation is 3. The zero-order valence-electron chi connectivity index (χ0n) is 22.1. The van der Waals surface area contributed by atoms with Crippen LogP contribution in [0.25, 0.3) is 67.2 Å². The number of fused-ring (bicyclic) bond motifs is 3. The molecule has 0 atom stereocenters. The van der Waals surface area contributed by atoms with E-state index in [1.807, 2.05) is 48.5 Å². The minimum absolute atomic E-state index is 0.707. The standard InChI is InChI=1S/C34H27N4O/c1-22-14-16-26-27-20-25(15-17-30(27)39-32(26)31(22)34-37(2)18-19-38(34)3)29-21-28(23-10-6-4-7-11-23)35-33(36-29)24-12-8-5-9-13-24/h4-21H,1-3H3/q+1. The Kier molecular flexibility index (Phi) is 5.37. The molecule has 7 rings (SSSR count). The highest BCUT2D eigenvalue weighted by Crippen LogP contribution is 2.38. The third-order valence-corrected chi connectivity index (χ3v) is 7.38. The lowest BCUT2D eigenvalue weighted by Crippen LogP contribution is -2.29. The molecule has 0 aliphatic heterocycles. The van der Waals surface area contributed by atoms with Crippen molar-refractivity contribution in [3.8, 4) is 45.3 Å². The molecule has 0 radical (unpaired) electrons. The van der Waals surface area contributed by atoms with E-state index in [2.05, 4.69) is 91.1 Å². The predicted octanol–water partition coefficient (Wildman–Crippen LogP) is 7.52. The fourth-order valence-corrected chi connectivity index (χ4v) is 5.39. The highest BCUT2D eigenvalue weighted by atomic mass is 16.3. The fourth-order valence-electron chi connectivity index (χ4n) is 5.39. The van der Waals surface area contributed by atoms with E-state index in [9.17, 15) is 0 Å². The van der Waals surface area contributed by atoms with E-state index in [0.29, 0.717) is 5.82 Å². The Morgan fingerprint density at radius 1 is 0.718 bits per heavy atom. The van der Waals surface area contributed by atoms with Crippen LogP contribution >= 0.6 is 0 Å². The Morgan fingerprint density at radius 2 is 1.41 bits per heavy atom. The SMILES string of the molecule is Cc1ccc2c(oc3ccc(-c4cc(-c5ccccc5)nc(-c5ccccc5)n4)cc32)c1-c1n(C)cc[n+]1C. The third-order valence-electron chi connectivity index (χ3n) is 7.38. The summed E-state index contributed by atoms with van der Waals surface area (Å²) >= 11 is 0. The van der Waals surface area contributed by atoms with Crippen LogP contribution in [-0.4, -0.2) is 14.5 Å². The highest BCUT2D eigenvalue weighted by Gasteiger charge is 2.23. The van der Waals surface area contributed by atoms with Gasteiger partial charge in [0.15, 0.2) is 11.4 Å². The van der Waals surface area contributed by atoms with Crippen LogP contribution in [0, 0.1) is 6.92 Å². The van der Waals surface area contributed by atoms with Crippen molar-refractivity contribution in [2.75, 3.05) is 0 Å². The lowest BCUT2D eigenvalue weighted by Gasteiger charge is -2.09. The van der Waals surface area contributed by atoms with Crippen molar-refractivity contribution in [2.24, 2.45) is 14.1 Å². The highest BCUT2D eigenvalue weighted by molar-refractivity contribution is 6.10. The first-order valence-corrected chi connectivity index (χ1v) is 13.0. The molecular weight excluding hydrogens is 480 g/mol. The fraction of sp³-hybridized carbons (Fsp3) is 0.0882. The molecule has 0 spiro atoms. The number of furan rings is 1. The minimum atomic E-state index is 0.707. The maximum absolute atomic E-state index is 6.52. The van der Waals surface area contributed by atoms with Gasteiger partial charge < -0.3 is 4.42 Å². The Balaban J connectivity index is 1.44. The van der Waals surface area contributed by atoms with E-state index < -0.39 is 0 Å². The lowest BCUT2D eigenvalue weighted by atomic mass is 10.0. The van der Waals surface area contributed by atoms with Crippen LogP contribution in [0.1, 0.15) is 5.56 Å². The maximum atomic E-state index is 6.52. The van der Waals surface area contributed by atoms with Crippen molar-refractivity contribution in [1.29, 1.82) is 0 Å². The first-order chi connectivity index (χ1) is 19.1. The molecule has 0 amide bonds. The van der Waals surface area contributed by atoms with Crippen LogP contribution in [0.5, 0.6) is 0 Å². The van der Waals surface area contributed by atoms with E-state index in [1.165, 1.54) is 5.56 Å². The molecule has 5 nitrogen and oxygen atoms in total. The van der Waals surface area contributed by atoms with Gasteiger partial charge in [0.25, 0.3) is 5.82 Å². The molecule has 0 aliphatic rings. The summed E-state index contributed by atoms with van der Waals surface area (Å²) in [7, 11) is 4.14. The van der Waals surface area contributed by atoms with Gasteiger partial charge in [0.1, 0.15) is 23.5 Å². The molecule has 5 heteroatoms. The molecule has 4 aromatic carbocycles. The second kappa shape index (κ2) is 9.07. The zero-order valence-corrected chi connectivity index (χ0v) is 22.1. The molecule has 0 N–H and O–H groups in total. The lowest BCUT2D eigenvalue weighted by molar-refractivity contribution is -0.659. The number of hydrogen-bond acceptors (Lipinski definition) is 3. The van der Waals surface area contributed by atoms with Crippen molar-refractivity contribution >= 4 is 21.9 Å². The summed E-state index contributed by atoms with van der Waals surface area (Å²) in [6, 6.07) is 33.2. The van der Waals surface area contributed by atoms with Crippen LogP contribution in [0.3, 0.4) is 0 Å². The average Bonchev–Trinajstić information content (AvgIpc) is 3.52. The molecule has 0 saturated carbocycles. The van der Waals surface area contributed by atoms with Gasteiger partial charge in [0.05, 0.1) is 25.5 Å². The Bertz CT molecular complexity index is 1910. The summed E-state index contributed by atoms with van der Waals surface area (Å²) in [5.41, 5.74) is 8.88. The van der Waals surface area contributed by atoms with Gasteiger partial charge in [-0.1, -0.05) is 72.8 Å². The Labute approximate surface area is 226 Å². The van der Waals surface area contributed by atoms with Crippen molar-refractivity contribution in [2.45, 2.75) is 6.92 Å². The number of hydrogen-bond donors (Lipinski definition) is 0. The minimum Gasteiger partial charge on any atom is -0.455 e. The van der Waals surface area contributed by atoms with Gasteiger partial charge in [-0.3, -0.25) is 0 Å². The molecule has 188 valence electrons. The molecule has 0 fully saturated rings. The second-order valence-corrected chi connectivity index (χ2v) is 9.98. The van der Waals surface area contributed by atoms with Crippen molar-refractivity contribution in [3.05, 3.63) is 115 Å². The van der Waals surface area contributed by atoms with Gasteiger partial charge in [-0.05, 0) is 36.8 Å². The number of aromatic nitrogens is 4. The first-order valence-electron chi connectivity index (χ1n) is 13.0. The summed E-state index contributed by atoms with van der Waals surface area (Å²) in [4.78, 5) is 9.95. The largest absolute Gasteiger partial charge is 0.455 e. The van der Waals surface area contributed by atoms with Crippen LogP contribution in [-0.2, 0) is 14.1 Å². The van der Waals surface area contributed by atoms with Crippen LogP contribution in [0.15, 0.2) is 114 Å². The Morgan fingerprint density at radius 3 is 2.10 bits per heavy atom. The molecule has 0 bridgehead atoms. The van der Waals surface area contributed by atoms with E-state index in [4.69, 9.17) is 14.4 Å². The Hall–Kier alpha value is -5.03. The number of rotatable bonds is 4. The zero-order chi connectivity index (χ0) is 26.5. The smallest absolute Gasteiger partial charge is 0.292 e. The molecule has 7 aromatic rings. The topological polar surface area (TPSA) is 47.7 Å². The van der Waals surface area contributed by atoms with Crippen molar-refractivity contribution in [1.82, 2.24) is 14.5 Å². The summed E-state index contributed by atoms with van der Waals surface area (Å²) < 4.78 is 10.8. The number of imidazole rings is 1. The van der Waals surface area contributed by atoms with E-state index in [-0.39, 0.29) is 0 Å². The predicted molar refractivity (Wildman–Crippen MR) is 156 cm³/mol. The van der Waals surface area contributed by atoms with Gasteiger partial charge in [-0.15, -0.1) is 0 Å². The molecule has 0 unspecified atom stereocenters. The third kappa shape index (κ3) is 3.91. The van der Waals surface area contributed by atoms with Crippen molar-refractivity contribution < 1.29 is 8.98 Å². The number of nitrogens with zero attached hydrogens (tertiary/aromatic N) is 4. The normalized spacial score (nSPS) is 11.5. The average molecular weight is 508 g/mol. The van der Waals surface area contributed by atoms with Gasteiger partial charge in [-0.2, -0.15) is 0 Å². The van der Waals surface area contributed by atoms with Gasteiger partial charge in [-0.25, -0.2) is 19.1 Å². The molecule has 3 aromatic heterocycles. The monoisotopic (exact) mass is 507 g/mol. The molecule has 39 heavy (non-hydrogen) atoms. The van der Waals surface area contributed by atoms with Gasteiger partial charge in [0, 0.05) is 27.5 Å². The molecule has 0 aliphatic carbocycles. The van der Waals surface area contributed by atoms with Gasteiger partial charge >= 0.3 is 0 Å². The van der Waals surface area contributed by atoms with E-state index in [1.54, 1.807) is 0 Å². The number of benzene rings is 4. The first kappa shape index (κ1) is 23.1.